The first-order valence-electron chi connectivity index (χ1n) is 2.97. The molecular weight excluding hydrogens is 451 g/mol. The molecule has 1 rings (SSSR count). The molecule has 64 valence electrons. The van der Waals surface area contributed by atoms with Crippen LogP contribution in [0, 0.1) is 3.57 Å². The Morgan fingerprint density at radius 2 is 2.08 bits per heavy atom. The quantitative estimate of drug-likeness (QED) is 0.551. The minimum atomic E-state index is -0.972. The number of carbonyl (C=O) groups is 1. The molecule has 13 heavy (non-hydrogen) atoms. The molecule has 0 heterocycles. The second-order valence-electron chi connectivity index (χ2n) is 2.00. The van der Waals surface area contributed by atoms with E-state index >= 15 is 0 Å². The van der Waals surface area contributed by atoms with E-state index in [1.165, 1.54) is 6.07 Å². The van der Waals surface area contributed by atoms with Crippen molar-refractivity contribution in [1.82, 2.24) is 0 Å². The molecule has 0 fully saturated rings. The Morgan fingerprint density at radius 1 is 1.46 bits per heavy atom. The van der Waals surface area contributed by atoms with Crippen molar-refractivity contribution in [2.45, 2.75) is 0 Å². The summed E-state index contributed by atoms with van der Waals surface area (Å²) in [5.74, 6) is -0.564. The third kappa shape index (κ3) is 3.32. The van der Waals surface area contributed by atoms with Gasteiger partial charge < -0.3 is 8.17 Å². The van der Waals surface area contributed by atoms with E-state index in [0.29, 0.717) is 5.75 Å². The summed E-state index contributed by atoms with van der Waals surface area (Å²) in [5, 5.41) is 8.73. The van der Waals surface area contributed by atoms with Crippen LogP contribution >= 0.6 is 45.6 Å². The molecule has 0 atom stereocenters. The van der Waals surface area contributed by atoms with Crippen molar-refractivity contribution in [2.24, 2.45) is 0 Å². The number of carboxylic acid groups (broad SMARTS) is 1. The average molecular weight is 455 g/mol. The van der Waals surface area contributed by atoms with Gasteiger partial charge in [-0.05, 0) is 34.7 Å². The van der Waals surface area contributed by atoms with E-state index in [0.717, 1.165) is 3.57 Å². The molecular formula is C7H4I2O3Zn+2. The molecule has 0 aliphatic carbocycles. The van der Waals surface area contributed by atoms with Crippen LogP contribution in [0.3, 0.4) is 0 Å². The fraction of sp³-hybridized carbons (Fsp3) is 0. The summed E-state index contributed by atoms with van der Waals surface area (Å²) in [7, 11) is 0. The normalized spacial score (nSPS) is 8.77. The van der Waals surface area contributed by atoms with Crippen molar-refractivity contribution in [3.8, 4) is 5.75 Å². The molecule has 1 aromatic carbocycles. The first-order valence-corrected chi connectivity index (χ1v) is 4.93. The molecule has 0 saturated heterocycles. The number of aromatic carboxylic acids is 1. The Balaban J connectivity index is 0.00000144. The summed E-state index contributed by atoms with van der Waals surface area (Å²) in [4.78, 5) is 10.6. The van der Waals surface area contributed by atoms with Gasteiger partial charge in [0.1, 0.15) is 5.56 Å². The summed E-state index contributed by atoms with van der Waals surface area (Å²) < 4.78 is 5.71. The number of halogens is 2. The van der Waals surface area contributed by atoms with Gasteiger partial charge in [-0.2, -0.15) is 0 Å². The Hall–Kier alpha value is 0.573. The maximum Gasteiger partial charge on any atom is 2.00 e. The standard InChI is InChI=1S/C7H4I2O3.Zn/c8-5-3-1-2-4(7(10)11)6(5)12-9;/h1-3H,(H,10,11);/q;+2. The minimum absolute atomic E-state index is 0. The van der Waals surface area contributed by atoms with Crippen LogP contribution in [0.15, 0.2) is 18.2 Å². The van der Waals surface area contributed by atoms with Gasteiger partial charge in [-0.15, -0.1) is 0 Å². The van der Waals surface area contributed by atoms with Gasteiger partial charge in [0.25, 0.3) is 0 Å². The van der Waals surface area contributed by atoms with E-state index in [1.807, 2.05) is 22.6 Å². The van der Waals surface area contributed by atoms with Gasteiger partial charge in [-0.25, -0.2) is 4.79 Å². The zero-order valence-electron chi connectivity index (χ0n) is 6.46. The fourth-order valence-corrected chi connectivity index (χ4v) is 2.26. The van der Waals surface area contributed by atoms with Crippen LogP contribution in [-0.4, -0.2) is 11.1 Å². The molecule has 0 aromatic heterocycles. The molecule has 0 unspecified atom stereocenters. The summed E-state index contributed by atoms with van der Waals surface area (Å²) >= 11 is 3.70. The van der Waals surface area contributed by atoms with Crippen LogP contribution in [0.2, 0.25) is 0 Å². The average Bonchev–Trinajstić information content (AvgIpc) is 2.03. The summed E-state index contributed by atoms with van der Waals surface area (Å²) in [6, 6.07) is 4.99. The zero-order chi connectivity index (χ0) is 9.14. The van der Waals surface area contributed by atoms with E-state index in [4.69, 9.17) is 8.17 Å². The van der Waals surface area contributed by atoms with Gasteiger partial charge in [0.2, 0.25) is 0 Å². The van der Waals surface area contributed by atoms with E-state index < -0.39 is 5.97 Å². The largest absolute Gasteiger partial charge is 2.00 e. The maximum absolute atomic E-state index is 10.6. The second-order valence-corrected chi connectivity index (χ2v) is 3.60. The van der Waals surface area contributed by atoms with Gasteiger partial charge in [-0.3, -0.25) is 0 Å². The van der Waals surface area contributed by atoms with Gasteiger partial charge in [0.05, 0.1) is 3.57 Å². The zero-order valence-corrected chi connectivity index (χ0v) is 13.7. The summed E-state index contributed by atoms with van der Waals surface area (Å²) in [6.45, 7) is 0. The SMILES string of the molecule is O=C(O)c1cccc(I)c1OI.[Zn+2]. The topological polar surface area (TPSA) is 46.5 Å². The van der Waals surface area contributed by atoms with Crippen LogP contribution in [-0.2, 0) is 19.5 Å². The number of para-hydroxylation sites is 1. The van der Waals surface area contributed by atoms with E-state index in [-0.39, 0.29) is 25.0 Å². The molecule has 0 bridgehead atoms. The predicted molar refractivity (Wildman–Crippen MR) is 60.8 cm³/mol. The number of hydrogen-bond donors (Lipinski definition) is 1. The molecule has 0 aliphatic rings. The van der Waals surface area contributed by atoms with Crippen molar-refractivity contribution >= 4 is 51.6 Å². The molecule has 0 aliphatic heterocycles. The maximum atomic E-state index is 10.6. The van der Waals surface area contributed by atoms with Crippen molar-refractivity contribution in [1.29, 1.82) is 0 Å². The Kier molecular flexibility index (Phi) is 6.40. The second kappa shape index (κ2) is 6.13. The third-order valence-corrected chi connectivity index (χ3v) is 2.56. The van der Waals surface area contributed by atoms with Gasteiger partial charge in [0.15, 0.2) is 28.8 Å². The predicted octanol–water partition coefficient (Wildman–Crippen LogP) is 2.72. The molecule has 1 N–H and O–H groups in total. The number of hydrogen-bond acceptors (Lipinski definition) is 2. The molecule has 3 nitrogen and oxygen atoms in total. The Bertz CT molecular complexity index is 317. The van der Waals surface area contributed by atoms with E-state index in [1.54, 1.807) is 35.1 Å². The minimum Gasteiger partial charge on any atom is -0.478 e. The Labute approximate surface area is 116 Å². The number of rotatable bonds is 2. The Morgan fingerprint density at radius 3 is 2.46 bits per heavy atom. The van der Waals surface area contributed by atoms with E-state index in [2.05, 4.69) is 0 Å². The molecule has 1 aromatic rings. The van der Waals surface area contributed by atoms with Crippen LogP contribution in [0.25, 0.3) is 0 Å². The van der Waals surface area contributed by atoms with Crippen LogP contribution in [0.4, 0.5) is 0 Å². The van der Waals surface area contributed by atoms with Crippen molar-refractivity contribution in [3.63, 3.8) is 0 Å². The summed E-state index contributed by atoms with van der Waals surface area (Å²) in [6.07, 6.45) is 0. The van der Waals surface area contributed by atoms with E-state index in [9.17, 15) is 4.79 Å². The molecule has 0 amide bonds. The number of carboxylic acids is 1. The van der Waals surface area contributed by atoms with Gasteiger partial charge >= 0.3 is 25.4 Å². The molecule has 0 spiro atoms. The van der Waals surface area contributed by atoms with Crippen LogP contribution in [0.5, 0.6) is 5.75 Å². The van der Waals surface area contributed by atoms with Crippen molar-refractivity contribution < 1.29 is 32.4 Å². The van der Waals surface area contributed by atoms with Crippen LogP contribution in [0.1, 0.15) is 10.4 Å². The third-order valence-electron chi connectivity index (χ3n) is 1.27. The molecule has 6 heteroatoms. The first-order chi connectivity index (χ1) is 5.66. The summed E-state index contributed by atoms with van der Waals surface area (Å²) in [5.41, 5.74) is 0.191. The van der Waals surface area contributed by atoms with Crippen molar-refractivity contribution in [2.75, 3.05) is 0 Å². The van der Waals surface area contributed by atoms with Crippen molar-refractivity contribution in [3.05, 3.63) is 27.3 Å². The first kappa shape index (κ1) is 13.6. The molecule has 0 radical (unpaired) electrons. The van der Waals surface area contributed by atoms with Crippen LogP contribution < -0.4 is 3.07 Å². The fourth-order valence-electron chi connectivity index (χ4n) is 0.756. The van der Waals surface area contributed by atoms with Gasteiger partial charge in [0, 0.05) is 0 Å². The monoisotopic (exact) mass is 454 g/mol. The number of benzene rings is 1. The van der Waals surface area contributed by atoms with Gasteiger partial charge in [-0.1, -0.05) is 6.07 Å². The molecule has 0 saturated carbocycles. The smallest absolute Gasteiger partial charge is 0.478 e.